The monoisotopic (exact) mass is 376 g/mol. The third-order valence-electron chi connectivity index (χ3n) is 3.81. The highest BCUT2D eigenvalue weighted by molar-refractivity contribution is 7.73. The van der Waals surface area contributed by atoms with Gasteiger partial charge in [0.25, 0.3) is 0 Å². The van der Waals surface area contributed by atoms with Crippen LogP contribution >= 0.6 is 23.6 Å². The Labute approximate surface area is 153 Å². The number of carboxylic acid groups (broad SMARTS) is 1. The molecule has 8 heteroatoms. The quantitative estimate of drug-likeness (QED) is 0.741. The molecule has 130 valence electrons. The summed E-state index contributed by atoms with van der Waals surface area (Å²) in [5.41, 5.74) is 2.65. The topological polar surface area (TPSA) is 84.1 Å². The molecule has 0 bridgehead atoms. The van der Waals surface area contributed by atoms with Gasteiger partial charge in [0.1, 0.15) is 5.75 Å². The average Bonchev–Trinajstić information content (AvgIpc) is 3.10. The molecule has 0 amide bonds. The van der Waals surface area contributed by atoms with Crippen LogP contribution in [-0.2, 0) is 11.3 Å². The third kappa shape index (κ3) is 3.64. The molecule has 2 N–H and O–H groups in total. The highest BCUT2D eigenvalue weighted by Gasteiger charge is 2.16. The highest BCUT2D eigenvalue weighted by atomic mass is 32.1. The van der Waals surface area contributed by atoms with Gasteiger partial charge >= 0.3 is 5.97 Å². The molecule has 2 aromatic rings. The number of carbonyl (C=O) groups is 1. The molecule has 0 fully saturated rings. The summed E-state index contributed by atoms with van der Waals surface area (Å²) in [6.07, 6.45) is 4.02. The molecule has 0 aliphatic carbocycles. The normalized spacial score (nSPS) is 14.0. The number of aromatic nitrogens is 1. The number of aliphatic carboxylic acids is 1. The van der Waals surface area contributed by atoms with Crippen LogP contribution in [0.15, 0.2) is 23.2 Å². The fourth-order valence-corrected chi connectivity index (χ4v) is 3.86. The number of benzene rings is 1. The molecule has 0 saturated carbocycles. The smallest absolute Gasteiger partial charge is 0.303 e. The summed E-state index contributed by atoms with van der Waals surface area (Å²) in [6, 6.07) is 5.64. The molecule has 1 aromatic heterocycles. The molecule has 0 spiro atoms. The molecule has 25 heavy (non-hydrogen) atoms. The zero-order valence-electron chi connectivity index (χ0n) is 13.4. The summed E-state index contributed by atoms with van der Waals surface area (Å²) in [5, 5.41) is 19.1. The number of rotatable bonds is 6. The number of allylic oxidation sites excluding steroid dienone is 1. The standard InChI is InChI=1S/C17H16N2O4S2/c1-23-11-4-5-12-10(9-18-13(12)8-11)7-14-16(22)19(17(24)25-14)6-2-3-15(20)21/h4-5,7-9,22H,2-3,6H2,1H3,(H,20,21)/b10-7-. The van der Waals surface area contributed by atoms with E-state index >= 15 is 0 Å². The minimum absolute atomic E-state index is 0.0371. The predicted molar refractivity (Wildman–Crippen MR) is 101 cm³/mol. The van der Waals surface area contributed by atoms with Gasteiger partial charge in [0, 0.05) is 36.4 Å². The van der Waals surface area contributed by atoms with E-state index in [9.17, 15) is 9.90 Å². The fraction of sp³-hybridized carbons (Fsp3) is 0.235. The second kappa shape index (κ2) is 7.20. The minimum atomic E-state index is -0.863. The van der Waals surface area contributed by atoms with E-state index in [1.165, 1.54) is 11.3 Å². The maximum absolute atomic E-state index is 10.6. The van der Waals surface area contributed by atoms with Crippen LogP contribution in [0, 0.1) is 3.95 Å². The molecule has 0 atom stereocenters. The molecular formula is C17H16N2O4S2. The van der Waals surface area contributed by atoms with E-state index < -0.39 is 5.97 Å². The summed E-state index contributed by atoms with van der Waals surface area (Å²) < 4.78 is 7.27. The first kappa shape index (κ1) is 17.4. The molecule has 1 aliphatic heterocycles. The van der Waals surface area contributed by atoms with Crippen molar-refractivity contribution >= 4 is 53.1 Å². The first-order valence-corrected chi connectivity index (χ1v) is 8.80. The Morgan fingerprint density at radius 2 is 2.28 bits per heavy atom. The van der Waals surface area contributed by atoms with Crippen molar-refractivity contribution in [3.05, 3.63) is 32.6 Å². The van der Waals surface area contributed by atoms with Gasteiger partial charge in [0.05, 0.1) is 17.7 Å². The van der Waals surface area contributed by atoms with Crippen LogP contribution in [0.3, 0.4) is 0 Å². The summed E-state index contributed by atoms with van der Waals surface area (Å²) in [4.78, 5) is 15.6. The van der Waals surface area contributed by atoms with Crippen molar-refractivity contribution in [2.75, 3.05) is 7.11 Å². The van der Waals surface area contributed by atoms with E-state index in [1.807, 2.05) is 24.3 Å². The van der Waals surface area contributed by atoms with E-state index in [1.54, 1.807) is 17.9 Å². The van der Waals surface area contributed by atoms with Gasteiger partial charge in [-0.1, -0.05) is 0 Å². The summed E-state index contributed by atoms with van der Waals surface area (Å²) in [7, 11) is 1.61. The number of fused-ring (bicyclic) bond motifs is 1. The van der Waals surface area contributed by atoms with Crippen molar-refractivity contribution in [2.24, 2.45) is 4.99 Å². The molecule has 0 saturated heterocycles. The molecule has 1 aliphatic rings. The third-order valence-corrected chi connectivity index (χ3v) is 5.20. The number of ether oxygens (including phenoxy) is 1. The first-order chi connectivity index (χ1) is 12.0. The van der Waals surface area contributed by atoms with E-state index in [-0.39, 0.29) is 12.3 Å². The van der Waals surface area contributed by atoms with Gasteiger partial charge in [-0.05, 0) is 36.8 Å². The Morgan fingerprint density at radius 1 is 1.48 bits per heavy atom. The van der Waals surface area contributed by atoms with E-state index in [0.29, 0.717) is 21.8 Å². The average molecular weight is 376 g/mol. The van der Waals surface area contributed by atoms with E-state index in [0.717, 1.165) is 22.6 Å². The van der Waals surface area contributed by atoms with Crippen LogP contribution in [0.25, 0.3) is 11.6 Å². The molecule has 3 rings (SSSR count). The molecule has 0 unspecified atom stereocenters. The second-order valence-electron chi connectivity index (χ2n) is 5.45. The minimum Gasteiger partial charge on any atom is -0.497 e. The number of nitrogens with zero attached hydrogens (tertiary/aromatic N) is 2. The Hall–Kier alpha value is -2.45. The van der Waals surface area contributed by atoms with Gasteiger partial charge in [0.15, 0.2) is 3.95 Å². The molecular weight excluding hydrogens is 360 g/mol. The van der Waals surface area contributed by atoms with E-state index in [4.69, 9.17) is 22.1 Å². The zero-order valence-corrected chi connectivity index (χ0v) is 15.1. The van der Waals surface area contributed by atoms with Crippen molar-refractivity contribution < 1.29 is 19.7 Å². The van der Waals surface area contributed by atoms with Crippen LogP contribution in [0.4, 0.5) is 5.69 Å². The largest absolute Gasteiger partial charge is 0.497 e. The Kier molecular flexibility index (Phi) is 5.00. The Balaban J connectivity index is 1.88. The van der Waals surface area contributed by atoms with Crippen LogP contribution in [0.2, 0.25) is 0 Å². The van der Waals surface area contributed by atoms with E-state index in [2.05, 4.69) is 4.99 Å². The lowest BCUT2D eigenvalue weighted by molar-refractivity contribution is -0.137. The second-order valence-corrected chi connectivity index (χ2v) is 7.12. The van der Waals surface area contributed by atoms with Crippen molar-refractivity contribution in [3.63, 3.8) is 0 Å². The maximum atomic E-state index is 10.6. The predicted octanol–water partition coefficient (Wildman–Crippen LogP) is 4.11. The number of aromatic hydroxyl groups is 1. The van der Waals surface area contributed by atoms with Crippen molar-refractivity contribution in [2.45, 2.75) is 19.4 Å². The van der Waals surface area contributed by atoms with Crippen molar-refractivity contribution in [1.29, 1.82) is 0 Å². The molecule has 6 nitrogen and oxygen atoms in total. The number of aliphatic imine (C=N–C) groups is 1. The lowest BCUT2D eigenvalue weighted by Gasteiger charge is -2.04. The molecule has 1 aromatic carbocycles. The Bertz CT molecular complexity index is 941. The van der Waals surface area contributed by atoms with Crippen LogP contribution in [0.1, 0.15) is 23.3 Å². The summed E-state index contributed by atoms with van der Waals surface area (Å²) in [6.45, 7) is 0.374. The number of hydrogen-bond donors (Lipinski definition) is 2. The van der Waals surface area contributed by atoms with Gasteiger partial charge in [0.2, 0.25) is 5.88 Å². The zero-order chi connectivity index (χ0) is 18.0. The van der Waals surface area contributed by atoms with Crippen molar-refractivity contribution in [3.8, 4) is 11.6 Å². The number of carboxylic acids is 1. The van der Waals surface area contributed by atoms with Gasteiger partial charge < -0.3 is 14.9 Å². The van der Waals surface area contributed by atoms with Crippen LogP contribution < -0.4 is 4.74 Å². The summed E-state index contributed by atoms with van der Waals surface area (Å²) in [5.74, 6) is -0.0683. The number of thiazole rings is 1. The lowest BCUT2D eigenvalue weighted by Crippen LogP contribution is -2.01. The summed E-state index contributed by atoms with van der Waals surface area (Å²) >= 11 is 6.57. The number of hydrogen-bond acceptors (Lipinski definition) is 6. The maximum Gasteiger partial charge on any atom is 0.303 e. The number of methoxy groups -OCH3 is 1. The fourth-order valence-electron chi connectivity index (χ4n) is 2.55. The molecule has 2 heterocycles. The van der Waals surface area contributed by atoms with Gasteiger partial charge in [-0.15, -0.1) is 11.3 Å². The van der Waals surface area contributed by atoms with Crippen molar-refractivity contribution in [1.82, 2.24) is 4.57 Å². The molecule has 0 radical (unpaired) electrons. The van der Waals surface area contributed by atoms with Crippen LogP contribution in [-0.4, -0.2) is 34.1 Å². The van der Waals surface area contributed by atoms with Gasteiger partial charge in [-0.25, -0.2) is 0 Å². The van der Waals surface area contributed by atoms with Crippen LogP contribution in [0.5, 0.6) is 11.6 Å². The van der Waals surface area contributed by atoms with Gasteiger partial charge in [-0.3, -0.25) is 14.4 Å². The Morgan fingerprint density at radius 3 is 3.00 bits per heavy atom. The SMILES string of the molecule is COc1ccc2c(c1)N=C/C2=C/c1sc(=S)n(CCCC(=O)O)c1O. The highest BCUT2D eigenvalue weighted by Crippen LogP contribution is 2.37. The lowest BCUT2D eigenvalue weighted by atomic mass is 10.1. The van der Waals surface area contributed by atoms with Gasteiger partial charge in [-0.2, -0.15) is 0 Å². The first-order valence-electron chi connectivity index (χ1n) is 7.58.